The van der Waals surface area contributed by atoms with Crippen molar-refractivity contribution in [2.24, 2.45) is 0 Å². The smallest absolute Gasteiger partial charge is 0.260 e. The molecule has 0 unspecified atom stereocenters. The molecule has 6 heteroatoms. The van der Waals surface area contributed by atoms with E-state index in [1.165, 1.54) is 0 Å². The average molecular weight is 306 g/mol. The zero-order valence-corrected chi connectivity index (χ0v) is 12.3. The van der Waals surface area contributed by atoms with Crippen molar-refractivity contribution in [3.05, 3.63) is 24.4 Å². The van der Waals surface area contributed by atoms with E-state index < -0.39 is 5.67 Å². The van der Waals surface area contributed by atoms with Gasteiger partial charge in [0.05, 0.1) is 19.7 Å². The first-order valence-corrected chi connectivity index (χ1v) is 7.79. The highest BCUT2D eigenvalue weighted by molar-refractivity contribution is 5.88. The topological polar surface area (TPSA) is 51.7 Å². The minimum Gasteiger partial charge on any atom is -0.474 e. The normalized spacial score (nSPS) is 28.0. The predicted octanol–water partition coefficient (Wildman–Crippen LogP) is 1.72. The van der Waals surface area contributed by atoms with Crippen molar-refractivity contribution in [3.8, 4) is 5.88 Å². The van der Waals surface area contributed by atoms with Crippen molar-refractivity contribution in [2.45, 2.75) is 43.1 Å². The van der Waals surface area contributed by atoms with E-state index in [9.17, 15) is 9.18 Å². The summed E-state index contributed by atoms with van der Waals surface area (Å²) in [5.74, 6) is 0.243. The van der Waals surface area contributed by atoms with Crippen molar-refractivity contribution in [3.63, 3.8) is 0 Å². The van der Waals surface area contributed by atoms with Crippen molar-refractivity contribution in [1.82, 2.24) is 9.88 Å². The molecule has 4 rings (SSSR count). The number of amides is 1. The summed E-state index contributed by atoms with van der Waals surface area (Å²) in [5, 5.41) is 0. The highest BCUT2D eigenvalue weighted by Crippen LogP contribution is 2.44. The molecule has 1 aromatic heterocycles. The Morgan fingerprint density at radius 1 is 1.41 bits per heavy atom. The molecule has 1 aliphatic carbocycles. The summed E-state index contributed by atoms with van der Waals surface area (Å²) in [6.07, 6.45) is 3.97. The molecule has 1 spiro atoms. The third kappa shape index (κ3) is 2.45. The van der Waals surface area contributed by atoms with Crippen LogP contribution in [0.3, 0.4) is 0 Å². The standard InChI is InChI=1S/C16H19FN2O3/c17-16(5-6-16)14(20)19-10-15(11-19)9-12(4-8-21-15)22-13-3-1-2-7-18-13/h1-3,7,12H,4-6,8-11H2/t12-/m1/s1. The maximum atomic E-state index is 13.8. The molecule has 2 saturated heterocycles. The van der Waals surface area contributed by atoms with Crippen LogP contribution in [0.1, 0.15) is 25.7 Å². The highest BCUT2D eigenvalue weighted by Gasteiger charge is 2.58. The number of rotatable bonds is 3. The summed E-state index contributed by atoms with van der Waals surface area (Å²) in [6, 6.07) is 5.56. The van der Waals surface area contributed by atoms with Gasteiger partial charge >= 0.3 is 0 Å². The van der Waals surface area contributed by atoms with E-state index in [1.54, 1.807) is 11.1 Å². The molecule has 118 valence electrons. The lowest BCUT2D eigenvalue weighted by atomic mass is 9.84. The molecule has 0 radical (unpaired) electrons. The Balaban J connectivity index is 1.35. The number of hydrogen-bond acceptors (Lipinski definition) is 4. The lowest BCUT2D eigenvalue weighted by Gasteiger charge is -2.53. The Bertz CT molecular complexity index is 570. The summed E-state index contributed by atoms with van der Waals surface area (Å²) in [4.78, 5) is 17.7. The monoisotopic (exact) mass is 306 g/mol. The highest BCUT2D eigenvalue weighted by atomic mass is 19.1. The second-order valence-corrected chi connectivity index (χ2v) is 6.56. The summed E-state index contributed by atoms with van der Waals surface area (Å²) in [5.41, 5.74) is -1.95. The molecule has 1 amide bonds. The molecule has 3 heterocycles. The SMILES string of the molecule is O=C(N1CC2(C[C@H](Oc3ccccn3)CCO2)C1)C1(F)CC1. The first-order chi connectivity index (χ1) is 10.6. The lowest BCUT2D eigenvalue weighted by molar-refractivity contribution is -0.196. The van der Waals surface area contributed by atoms with Crippen LogP contribution in [0.2, 0.25) is 0 Å². The summed E-state index contributed by atoms with van der Waals surface area (Å²) in [6.45, 7) is 1.54. The Kier molecular flexibility index (Phi) is 3.11. The minimum atomic E-state index is -1.58. The third-order valence-corrected chi connectivity index (χ3v) is 4.69. The quantitative estimate of drug-likeness (QED) is 0.853. The van der Waals surface area contributed by atoms with E-state index in [-0.39, 0.29) is 17.6 Å². The van der Waals surface area contributed by atoms with E-state index in [2.05, 4.69) is 4.98 Å². The van der Waals surface area contributed by atoms with Crippen molar-refractivity contribution in [2.75, 3.05) is 19.7 Å². The molecule has 3 aliphatic rings. The van der Waals surface area contributed by atoms with E-state index in [1.807, 2.05) is 18.2 Å². The van der Waals surface area contributed by atoms with Gasteiger partial charge in [0, 0.05) is 25.1 Å². The maximum Gasteiger partial charge on any atom is 0.260 e. The predicted molar refractivity (Wildman–Crippen MR) is 76.2 cm³/mol. The molecule has 0 bridgehead atoms. The summed E-state index contributed by atoms with van der Waals surface area (Å²) in [7, 11) is 0. The van der Waals surface area contributed by atoms with Crippen molar-refractivity contribution in [1.29, 1.82) is 0 Å². The van der Waals surface area contributed by atoms with Gasteiger partial charge in [0.15, 0.2) is 5.67 Å². The number of carbonyl (C=O) groups excluding carboxylic acids is 1. The first kappa shape index (κ1) is 13.9. The largest absolute Gasteiger partial charge is 0.474 e. The number of halogens is 1. The number of aromatic nitrogens is 1. The van der Waals surface area contributed by atoms with Gasteiger partial charge < -0.3 is 14.4 Å². The van der Waals surface area contributed by atoms with Gasteiger partial charge in [-0.1, -0.05) is 6.07 Å². The van der Waals surface area contributed by atoms with Crippen LogP contribution < -0.4 is 4.74 Å². The van der Waals surface area contributed by atoms with Gasteiger partial charge in [-0.3, -0.25) is 4.79 Å². The number of nitrogens with zero attached hydrogens (tertiary/aromatic N) is 2. The second-order valence-electron chi connectivity index (χ2n) is 6.56. The number of alkyl halides is 1. The van der Waals surface area contributed by atoms with Gasteiger partial charge in [-0.25, -0.2) is 9.37 Å². The molecule has 1 aromatic rings. The van der Waals surface area contributed by atoms with Crippen molar-refractivity contribution < 1.29 is 18.7 Å². The fourth-order valence-corrected chi connectivity index (χ4v) is 3.29. The van der Waals surface area contributed by atoms with Gasteiger partial charge in [-0.15, -0.1) is 0 Å². The number of ether oxygens (including phenoxy) is 2. The molecule has 22 heavy (non-hydrogen) atoms. The van der Waals surface area contributed by atoms with Crippen LogP contribution in [0, 0.1) is 0 Å². The maximum absolute atomic E-state index is 13.8. The summed E-state index contributed by atoms with van der Waals surface area (Å²) >= 11 is 0. The van der Waals surface area contributed by atoms with E-state index >= 15 is 0 Å². The van der Waals surface area contributed by atoms with Crippen LogP contribution in [-0.4, -0.2) is 52.9 Å². The molecule has 0 aromatic carbocycles. The number of likely N-dealkylation sites (tertiary alicyclic amines) is 1. The third-order valence-electron chi connectivity index (χ3n) is 4.69. The second kappa shape index (κ2) is 4.91. The van der Waals surface area contributed by atoms with Crippen molar-refractivity contribution >= 4 is 5.91 Å². The Morgan fingerprint density at radius 3 is 2.91 bits per heavy atom. The fourth-order valence-electron chi connectivity index (χ4n) is 3.29. The van der Waals surface area contributed by atoms with Crippen LogP contribution in [0.4, 0.5) is 4.39 Å². The zero-order valence-electron chi connectivity index (χ0n) is 12.3. The molecule has 1 atom stereocenters. The van der Waals surface area contributed by atoms with Crippen LogP contribution in [-0.2, 0) is 9.53 Å². The van der Waals surface area contributed by atoms with E-state index in [0.717, 1.165) is 6.42 Å². The van der Waals surface area contributed by atoms with Gasteiger partial charge in [-0.2, -0.15) is 0 Å². The number of carbonyl (C=O) groups is 1. The number of hydrogen-bond donors (Lipinski definition) is 0. The van der Waals surface area contributed by atoms with Crippen LogP contribution in [0.15, 0.2) is 24.4 Å². The van der Waals surface area contributed by atoms with Crippen LogP contribution in [0.25, 0.3) is 0 Å². The molecule has 5 nitrogen and oxygen atoms in total. The van der Waals surface area contributed by atoms with Crippen LogP contribution >= 0.6 is 0 Å². The average Bonchev–Trinajstić information content (AvgIpc) is 3.24. The molecule has 2 aliphatic heterocycles. The Labute approximate surface area is 128 Å². The van der Waals surface area contributed by atoms with E-state index in [0.29, 0.717) is 44.8 Å². The fraction of sp³-hybridized carbons (Fsp3) is 0.625. The lowest BCUT2D eigenvalue weighted by Crippen LogP contribution is -2.68. The summed E-state index contributed by atoms with van der Waals surface area (Å²) < 4.78 is 25.6. The van der Waals surface area contributed by atoms with Gasteiger partial charge in [0.2, 0.25) is 5.88 Å². The van der Waals surface area contributed by atoms with Crippen LogP contribution in [0.5, 0.6) is 5.88 Å². The van der Waals surface area contributed by atoms with E-state index in [4.69, 9.17) is 9.47 Å². The minimum absolute atomic E-state index is 0.0289. The van der Waals surface area contributed by atoms with Gasteiger partial charge in [-0.05, 0) is 18.9 Å². The van der Waals surface area contributed by atoms with Gasteiger partial charge in [0.1, 0.15) is 11.7 Å². The number of pyridine rings is 1. The zero-order chi connectivity index (χ0) is 15.2. The molecular weight excluding hydrogens is 287 g/mol. The molecule has 0 N–H and O–H groups in total. The molecular formula is C16H19FN2O3. The molecule has 3 fully saturated rings. The first-order valence-electron chi connectivity index (χ1n) is 7.79. The Hall–Kier alpha value is -1.69. The molecule has 1 saturated carbocycles. The van der Waals surface area contributed by atoms with Gasteiger partial charge in [0.25, 0.3) is 5.91 Å². The Morgan fingerprint density at radius 2 is 2.23 bits per heavy atom.